The monoisotopic (exact) mass is 474 g/mol. The number of halogens is 2. The van der Waals surface area contributed by atoms with Crippen LogP contribution in [0.5, 0.6) is 0 Å². The number of fused-ring (bicyclic) bond motifs is 1. The molecule has 33 heavy (non-hydrogen) atoms. The Kier molecular flexibility index (Phi) is 6.29. The molecule has 1 fully saturated rings. The predicted octanol–water partition coefficient (Wildman–Crippen LogP) is 3.80. The van der Waals surface area contributed by atoms with Gasteiger partial charge >= 0.3 is 0 Å². The van der Waals surface area contributed by atoms with Crippen LogP contribution in [0.25, 0.3) is 10.2 Å². The Morgan fingerprint density at radius 2 is 1.82 bits per heavy atom. The van der Waals surface area contributed by atoms with Gasteiger partial charge in [0.05, 0.1) is 16.6 Å². The van der Waals surface area contributed by atoms with Crippen LogP contribution in [-0.4, -0.2) is 39.4 Å². The number of para-hydroxylation sites is 1. The van der Waals surface area contributed by atoms with Gasteiger partial charge in [0.1, 0.15) is 28.7 Å². The third kappa shape index (κ3) is 4.52. The van der Waals surface area contributed by atoms with Gasteiger partial charge in [-0.15, -0.1) is 11.3 Å². The number of hydrogen-bond acceptors (Lipinski definition) is 5. The van der Waals surface area contributed by atoms with Crippen LogP contribution < -0.4 is 10.9 Å². The van der Waals surface area contributed by atoms with Crippen molar-refractivity contribution in [3.63, 3.8) is 0 Å². The zero-order chi connectivity index (χ0) is 23.9. The van der Waals surface area contributed by atoms with E-state index in [0.29, 0.717) is 35.3 Å². The summed E-state index contributed by atoms with van der Waals surface area (Å²) in [6.45, 7) is 6.95. The van der Waals surface area contributed by atoms with E-state index in [-0.39, 0.29) is 22.7 Å². The van der Waals surface area contributed by atoms with Crippen molar-refractivity contribution in [2.75, 3.05) is 18.4 Å². The quantitative estimate of drug-likeness (QED) is 0.624. The number of nitrogens with one attached hydrogen (secondary N) is 1. The number of carbonyl (C=O) groups is 2. The number of benzene rings is 1. The van der Waals surface area contributed by atoms with Crippen LogP contribution in [0.1, 0.15) is 35.5 Å². The van der Waals surface area contributed by atoms with Gasteiger partial charge in [-0.25, -0.2) is 13.8 Å². The van der Waals surface area contributed by atoms with Gasteiger partial charge in [0.25, 0.3) is 11.5 Å². The number of thiophene rings is 1. The summed E-state index contributed by atoms with van der Waals surface area (Å²) in [5, 5.41) is 2.46. The lowest BCUT2D eigenvalue weighted by atomic mass is 9.92. The maximum absolute atomic E-state index is 13.9. The number of hydrogen-bond donors (Lipinski definition) is 1. The number of aryl methyl sites for hydroxylation is 1. The molecule has 2 amide bonds. The Balaban J connectivity index is 1.61. The minimum atomic E-state index is -0.901. The molecule has 0 spiro atoms. The summed E-state index contributed by atoms with van der Waals surface area (Å²) >= 11 is 0.957. The SMILES string of the molecule is Cc1c(C(=O)Nc2c(F)cccc2F)sc2ncn(CC(=O)N3C[C@H](C)C[C@H](C)C3)c(=O)c12. The summed E-state index contributed by atoms with van der Waals surface area (Å²) in [7, 11) is 0. The van der Waals surface area contributed by atoms with Crippen molar-refractivity contribution in [3.8, 4) is 0 Å². The topological polar surface area (TPSA) is 84.3 Å². The predicted molar refractivity (Wildman–Crippen MR) is 122 cm³/mol. The van der Waals surface area contributed by atoms with Crippen molar-refractivity contribution in [2.45, 2.75) is 33.7 Å². The van der Waals surface area contributed by atoms with Crippen LogP contribution in [0.4, 0.5) is 14.5 Å². The van der Waals surface area contributed by atoms with E-state index in [1.165, 1.54) is 17.0 Å². The van der Waals surface area contributed by atoms with E-state index >= 15 is 0 Å². The Bertz CT molecular complexity index is 1270. The van der Waals surface area contributed by atoms with Crippen LogP contribution in [0.2, 0.25) is 0 Å². The molecule has 1 aromatic carbocycles. The number of aromatic nitrogens is 2. The van der Waals surface area contributed by atoms with Crippen LogP contribution in [0.3, 0.4) is 0 Å². The zero-order valence-corrected chi connectivity index (χ0v) is 19.3. The highest BCUT2D eigenvalue weighted by atomic mass is 32.1. The number of nitrogens with zero attached hydrogens (tertiary/aromatic N) is 3. The second-order valence-electron chi connectivity index (χ2n) is 8.71. The average Bonchev–Trinajstić information content (AvgIpc) is 3.09. The lowest BCUT2D eigenvalue weighted by Crippen LogP contribution is -2.44. The summed E-state index contributed by atoms with van der Waals surface area (Å²) in [5.74, 6) is -1.90. The molecule has 4 rings (SSSR count). The normalized spacial score (nSPS) is 18.5. The van der Waals surface area contributed by atoms with Gasteiger partial charge in [-0.05, 0) is 42.9 Å². The molecule has 0 aliphatic carbocycles. The second kappa shape index (κ2) is 9.01. The summed E-state index contributed by atoms with van der Waals surface area (Å²) < 4.78 is 29.1. The number of piperidine rings is 1. The molecular weight excluding hydrogens is 450 g/mol. The first-order chi connectivity index (χ1) is 15.7. The molecule has 2 atom stereocenters. The molecule has 2 aromatic heterocycles. The first-order valence-electron chi connectivity index (χ1n) is 10.7. The van der Waals surface area contributed by atoms with Gasteiger partial charge in [-0.1, -0.05) is 19.9 Å². The molecule has 3 aromatic rings. The fourth-order valence-corrected chi connectivity index (χ4v) is 5.42. The van der Waals surface area contributed by atoms with E-state index in [1.54, 1.807) is 11.8 Å². The Morgan fingerprint density at radius 1 is 1.18 bits per heavy atom. The molecule has 174 valence electrons. The van der Waals surface area contributed by atoms with E-state index in [9.17, 15) is 23.2 Å². The highest BCUT2D eigenvalue weighted by Crippen LogP contribution is 2.29. The molecule has 3 heterocycles. The second-order valence-corrected chi connectivity index (χ2v) is 9.71. The molecule has 0 radical (unpaired) electrons. The number of anilines is 1. The number of likely N-dealkylation sites (tertiary alicyclic amines) is 1. The van der Waals surface area contributed by atoms with Gasteiger partial charge in [0.15, 0.2) is 0 Å². The van der Waals surface area contributed by atoms with Crippen LogP contribution in [0.15, 0.2) is 29.3 Å². The first-order valence-corrected chi connectivity index (χ1v) is 11.5. The summed E-state index contributed by atoms with van der Waals surface area (Å²) in [4.78, 5) is 45.1. The molecule has 1 N–H and O–H groups in total. The minimum absolute atomic E-state index is 0.125. The van der Waals surface area contributed by atoms with E-state index in [4.69, 9.17) is 0 Å². The standard InChI is InChI=1S/C23H24F2N4O3S/c1-12-7-13(2)9-28(8-12)17(30)10-29-11-26-22-18(23(29)32)14(3)20(33-22)21(31)27-19-15(24)5-4-6-16(19)25/h4-6,11-13H,7-10H2,1-3H3,(H,27,31)/t12-,13+. The first kappa shape index (κ1) is 23.0. The highest BCUT2D eigenvalue weighted by Gasteiger charge is 2.26. The van der Waals surface area contributed by atoms with Crippen molar-refractivity contribution in [3.05, 3.63) is 57.0 Å². The summed E-state index contributed by atoms with van der Waals surface area (Å²) in [6, 6.07) is 3.28. The number of amides is 2. The molecule has 10 heteroatoms. The molecule has 7 nitrogen and oxygen atoms in total. The van der Waals surface area contributed by atoms with Crippen molar-refractivity contribution < 1.29 is 18.4 Å². The molecule has 0 saturated carbocycles. The molecular formula is C23H24F2N4O3S. The number of carbonyl (C=O) groups excluding carboxylic acids is 2. The van der Waals surface area contributed by atoms with Gasteiger partial charge in [0.2, 0.25) is 5.91 Å². The highest BCUT2D eigenvalue weighted by molar-refractivity contribution is 7.20. The zero-order valence-electron chi connectivity index (χ0n) is 18.5. The van der Waals surface area contributed by atoms with Crippen LogP contribution in [0, 0.1) is 30.4 Å². The van der Waals surface area contributed by atoms with Gasteiger partial charge in [-0.3, -0.25) is 19.0 Å². The third-order valence-electron chi connectivity index (χ3n) is 5.85. The van der Waals surface area contributed by atoms with E-state index in [2.05, 4.69) is 24.1 Å². The Labute approximate surface area is 193 Å². The Hall–Kier alpha value is -3.14. The van der Waals surface area contributed by atoms with Crippen molar-refractivity contribution in [1.29, 1.82) is 0 Å². The van der Waals surface area contributed by atoms with Gasteiger partial charge < -0.3 is 10.2 Å². The lowest BCUT2D eigenvalue weighted by molar-refractivity contribution is -0.134. The van der Waals surface area contributed by atoms with Crippen molar-refractivity contribution >= 4 is 39.1 Å². The average molecular weight is 475 g/mol. The number of rotatable bonds is 4. The van der Waals surface area contributed by atoms with E-state index in [1.807, 2.05) is 0 Å². The Morgan fingerprint density at radius 3 is 2.45 bits per heavy atom. The summed E-state index contributed by atoms with van der Waals surface area (Å²) in [6.07, 6.45) is 2.36. The van der Waals surface area contributed by atoms with E-state index in [0.717, 1.165) is 29.9 Å². The smallest absolute Gasteiger partial charge is 0.266 e. The third-order valence-corrected chi connectivity index (χ3v) is 7.05. The lowest BCUT2D eigenvalue weighted by Gasteiger charge is -2.35. The maximum atomic E-state index is 13.9. The summed E-state index contributed by atoms with van der Waals surface area (Å²) in [5.41, 5.74) is -0.639. The van der Waals surface area contributed by atoms with Crippen LogP contribution in [-0.2, 0) is 11.3 Å². The molecule has 1 aliphatic heterocycles. The fraction of sp³-hybridized carbons (Fsp3) is 0.391. The van der Waals surface area contributed by atoms with Gasteiger partial charge in [0, 0.05) is 13.1 Å². The van der Waals surface area contributed by atoms with Crippen molar-refractivity contribution in [2.24, 2.45) is 11.8 Å². The van der Waals surface area contributed by atoms with E-state index < -0.39 is 28.8 Å². The molecule has 1 aliphatic rings. The maximum Gasteiger partial charge on any atom is 0.266 e. The molecule has 0 unspecified atom stereocenters. The van der Waals surface area contributed by atoms with Crippen molar-refractivity contribution in [1.82, 2.24) is 14.5 Å². The minimum Gasteiger partial charge on any atom is -0.341 e. The largest absolute Gasteiger partial charge is 0.341 e. The fourth-order valence-electron chi connectivity index (χ4n) is 4.39. The molecule has 1 saturated heterocycles. The molecule has 0 bridgehead atoms. The van der Waals surface area contributed by atoms with Gasteiger partial charge in [-0.2, -0.15) is 0 Å². The van der Waals surface area contributed by atoms with Crippen LogP contribution >= 0.6 is 11.3 Å².